The van der Waals surface area contributed by atoms with Crippen LogP contribution < -0.4 is 4.74 Å². The number of pyridine rings is 1. The summed E-state index contributed by atoms with van der Waals surface area (Å²) in [6, 6.07) is 13.7. The van der Waals surface area contributed by atoms with Crippen LogP contribution in [-0.4, -0.2) is 34.4 Å². The number of likely N-dealkylation sites (N-methyl/N-ethyl adjacent to an activating group) is 1. The summed E-state index contributed by atoms with van der Waals surface area (Å²) in [5, 5.41) is 11.6. The van der Waals surface area contributed by atoms with E-state index in [9.17, 15) is 14.9 Å². The normalized spacial score (nSPS) is 10.5. The molecule has 3 aromatic rings. The van der Waals surface area contributed by atoms with Crippen LogP contribution in [0.15, 0.2) is 59.1 Å². The Kier molecular flexibility index (Phi) is 5.90. The summed E-state index contributed by atoms with van der Waals surface area (Å²) in [6.45, 7) is -0.126. The predicted octanol–water partition coefficient (Wildman–Crippen LogP) is 3.94. The SMILES string of the molecule is CN(Cc1ccc(-c2ccc(Cl)cc2)o1)C(=O)COc1cccnc1[N+](=O)[O-]. The van der Waals surface area contributed by atoms with E-state index in [1.54, 1.807) is 25.2 Å². The van der Waals surface area contributed by atoms with Crippen molar-refractivity contribution < 1.29 is 18.9 Å². The summed E-state index contributed by atoms with van der Waals surface area (Å²) >= 11 is 5.88. The Hall–Kier alpha value is -3.39. The van der Waals surface area contributed by atoms with Gasteiger partial charge in [-0.2, -0.15) is 0 Å². The van der Waals surface area contributed by atoms with Gasteiger partial charge in [0.05, 0.1) is 6.54 Å². The smallest absolute Gasteiger partial charge is 0.406 e. The first-order valence-corrected chi connectivity index (χ1v) is 8.62. The second-order valence-corrected chi connectivity index (χ2v) is 6.33. The molecule has 0 atom stereocenters. The molecule has 0 bridgehead atoms. The highest BCUT2D eigenvalue weighted by Crippen LogP contribution is 2.25. The zero-order chi connectivity index (χ0) is 20.1. The Morgan fingerprint density at radius 3 is 2.71 bits per heavy atom. The van der Waals surface area contributed by atoms with Crippen LogP contribution >= 0.6 is 11.6 Å². The van der Waals surface area contributed by atoms with Crippen LogP contribution in [-0.2, 0) is 11.3 Å². The molecule has 28 heavy (non-hydrogen) atoms. The Morgan fingerprint density at radius 2 is 2.00 bits per heavy atom. The monoisotopic (exact) mass is 401 g/mol. The Balaban J connectivity index is 1.59. The average molecular weight is 402 g/mol. The zero-order valence-electron chi connectivity index (χ0n) is 14.9. The average Bonchev–Trinajstić information content (AvgIpc) is 3.15. The van der Waals surface area contributed by atoms with Gasteiger partial charge in [-0.1, -0.05) is 11.6 Å². The second kappa shape index (κ2) is 8.53. The van der Waals surface area contributed by atoms with Crippen molar-refractivity contribution in [1.82, 2.24) is 9.88 Å². The number of halogens is 1. The molecule has 1 amide bonds. The van der Waals surface area contributed by atoms with E-state index in [1.807, 2.05) is 18.2 Å². The number of hydrogen-bond acceptors (Lipinski definition) is 6. The lowest BCUT2D eigenvalue weighted by atomic mass is 10.2. The standard InChI is InChI=1S/C19H16ClN3O5/c1-22(18(24)12-27-17-3-2-10-21-19(17)23(25)26)11-15-8-9-16(28-15)13-4-6-14(20)7-5-13/h2-10H,11-12H2,1H3. The van der Waals surface area contributed by atoms with E-state index in [-0.39, 0.29) is 24.8 Å². The van der Waals surface area contributed by atoms with Crippen molar-refractivity contribution in [3.8, 4) is 17.1 Å². The number of furan rings is 1. The molecule has 2 heterocycles. The van der Waals surface area contributed by atoms with Gasteiger partial charge in [-0.05, 0) is 58.4 Å². The molecule has 0 saturated heterocycles. The fraction of sp³-hybridized carbons (Fsp3) is 0.158. The second-order valence-electron chi connectivity index (χ2n) is 5.89. The number of hydrogen-bond donors (Lipinski definition) is 0. The summed E-state index contributed by atoms with van der Waals surface area (Å²) < 4.78 is 11.0. The number of benzene rings is 1. The minimum Gasteiger partial charge on any atom is -0.476 e. The molecule has 0 radical (unpaired) electrons. The quantitative estimate of drug-likeness (QED) is 0.439. The number of amides is 1. The lowest BCUT2D eigenvalue weighted by molar-refractivity contribution is -0.390. The molecule has 8 nitrogen and oxygen atoms in total. The number of ether oxygens (including phenoxy) is 1. The summed E-state index contributed by atoms with van der Waals surface area (Å²) in [7, 11) is 1.59. The highest BCUT2D eigenvalue weighted by atomic mass is 35.5. The van der Waals surface area contributed by atoms with Crippen LogP contribution in [0.5, 0.6) is 5.75 Å². The topological polar surface area (TPSA) is 98.7 Å². The van der Waals surface area contributed by atoms with E-state index in [0.29, 0.717) is 16.5 Å². The fourth-order valence-corrected chi connectivity index (χ4v) is 2.56. The van der Waals surface area contributed by atoms with E-state index in [2.05, 4.69) is 4.98 Å². The van der Waals surface area contributed by atoms with Gasteiger partial charge in [0.2, 0.25) is 5.75 Å². The minimum atomic E-state index is -0.662. The Bertz CT molecular complexity index is 987. The molecule has 144 valence electrons. The molecule has 0 spiro atoms. The third kappa shape index (κ3) is 4.66. The number of carbonyl (C=O) groups is 1. The van der Waals surface area contributed by atoms with Crippen LogP contribution in [0.1, 0.15) is 5.76 Å². The molecule has 0 unspecified atom stereocenters. The zero-order valence-corrected chi connectivity index (χ0v) is 15.6. The van der Waals surface area contributed by atoms with E-state index >= 15 is 0 Å². The number of carbonyl (C=O) groups excluding carboxylic acids is 1. The fourth-order valence-electron chi connectivity index (χ4n) is 2.44. The van der Waals surface area contributed by atoms with E-state index in [0.717, 1.165) is 5.56 Å². The number of nitrogens with zero attached hydrogens (tertiary/aromatic N) is 3. The molecular formula is C19H16ClN3O5. The number of aromatic nitrogens is 1. The summed E-state index contributed by atoms with van der Waals surface area (Å²) in [5.41, 5.74) is 0.872. The van der Waals surface area contributed by atoms with Gasteiger partial charge in [0, 0.05) is 17.6 Å². The van der Waals surface area contributed by atoms with Gasteiger partial charge < -0.3 is 24.2 Å². The van der Waals surface area contributed by atoms with E-state index in [4.69, 9.17) is 20.8 Å². The molecular weight excluding hydrogens is 386 g/mol. The first kappa shape index (κ1) is 19.4. The molecule has 0 N–H and O–H groups in total. The van der Waals surface area contributed by atoms with Crippen molar-refractivity contribution in [3.05, 3.63) is 75.6 Å². The van der Waals surface area contributed by atoms with Crippen molar-refractivity contribution >= 4 is 23.3 Å². The lowest BCUT2D eigenvalue weighted by Gasteiger charge is -2.16. The molecule has 1 aromatic carbocycles. The molecule has 0 aliphatic heterocycles. The summed E-state index contributed by atoms with van der Waals surface area (Å²) in [6.07, 6.45) is 1.29. The van der Waals surface area contributed by atoms with Crippen molar-refractivity contribution in [1.29, 1.82) is 0 Å². The number of nitro groups is 1. The van der Waals surface area contributed by atoms with Crippen LogP contribution in [0.4, 0.5) is 5.82 Å². The van der Waals surface area contributed by atoms with Crippen LogP contribution in [0, 0.1) is 10.1 Å². The first-order valence-electron chi connectivity index (χ1n) is 8.25. The number of rotatable bonds is 7. The van der Waals surface area contributed by atoms with Crippen molar-refractivity contribution in [2.75, 3.05) is 13.7 Å². The minimum absolute atomic E-state index is 0.0581. The highest BCUT2D eigenvalue weighted by molar-refractivity contribution is 6.30. The maximum absolute atomic E-state index is 12.3. The molecule has 0 fully saturated rings. The molecule has 3 rings (SSSR count). The maximum atomic E-state index is 12.3. The van der Waals surface area contributed by atoms with E-state index in [1.165, 1.54) is 23.2 Å². The first-order chi connectivity index (χ1) is 13.4. The molecule has 0 saturated carbocycles. The van der Waals surface area contributed by atoms with Crippen molar-refractivity contribution in [2.24, 2.45) is 0 Å². The predicted molar refractivity (Wildman–Crippen MR) is 102 cm³/mol. The van der Waals surface area contributed by atoms with Crippen LogP contribution in [0.2, 0.25) is 5.02 Å². The van der Waals surface area contributed by atoms with Gasteiger partial charge in [0.25, 0.3) is 5.91 Å². The van der Waals surface area contributed by atoms with Crippen LogP contribution in [0.3, 0.4) is 0 Å². The highest BCUT2D eigenvalue weighted by Gasteiger charge is 2.18. The van der Waals surface area contributed by atoms with Gasteiger partial charge in [0.15, 0.2) is 6.61 Å². The van der Waals surface area contributed by atoms with Gasteiger partial charge in [-0.25, -0.2) is 0 Å². The lowest BCUT2D eigenvalue weighted by Crippen LogP contribution is -2.30. The summed E-state index contributed by atoms with van der Waals surface area (Å²) in [5.74, 6) is 0.402. The Morgan fingerprint density at radius 1 is 1.25 bits per heavy atom. The molecule has 9 heteroatoms. The van der Waals surface area contributed by atoms with Crippen LogP contribution in [0.25, 0.3) is 11.3 Å². The van der Waals surface area contributed by atoms with Gasteiger partial charge in [-0.15, -0.1) is 0 Å². The third-order valence-electron chi connectivity index (χ3n) is 3.88. The summed E-state index contributed by atoms with van der Waals surface area (Å²) in [4.78, 5) is 27.6. The van der Waals surface area contributed by atoms with Gasteiger partial charge in [-0.3, -0.25) is 4.79 Å². The molecule has 0 aliphatic rings. The van der Waals surface area contributed by atoms with Crippen molar-refractivity contribution in [2.45, 2.75) is 6.54 Å². The third-order valence-corrected chi connectivity index (χ3v) is 4.14. The maximum Gasteiger partial charge on any atom is 0.406 e. The molecule has 2 aromatic heterocycles. The Labute approximate surface area is 165 Å². The van der Waals surface area contributed by atoms with E-state index < -0.39 is 10.7 Å². The molecule has 0 aliphatic carbocycles. The van der Waals surface area contributed by atoms with Crippen molar-refractivity contribution in [3.63, 3.8) is 0 Å². The van der Waals surface area contributed by atoms with Gasteiger partial charge >= 0.3 is 5.82 Å². The largest absolute Gasteiger partial charge is 0.476 e. The van der Waals surface area contributed by atoms with Gasteiger partial charge in [0.1, 0.15) is 17.7 Å².